The highest BCUT2D eigenvalue weighted by molar-refractivity contribution is 5.76. The lowest BCUT2D eigenvalue weighted by atomic mass is 9.97. The molecule has 1 saturated heterocycles. The molecule has 34 heavy (non-hydrogen) atoms. The third kappa shape index (κ3) is 6.43. The number of amides is 2. The van der Waals surface area contributed by atoms with Crippen molar-refractivity contribution in [1.29, 1.82) is 0 Å². The number of carbonyl (C=O) groups is 2. The Balaban J connectivity index is 1.48. The third-order valence-corrected chi connectivity index (χ3v) is 7.13. The summed E-state index contributed by atoms with van der Waals surface area (Å²) in [6, 6.07) is 5.14. The molecule has 2 N–H and O–H groups in total. The zero-order valence-electron chi connectivity index (χ0n) is 20.4. The molecule has 2 fully saturated rings. The van der Waals surface area contributed by atoms with Gasteiger partial charge in [0.25, 0.3) is 0 Å². The zero-order chi connectivity index (χ0) is 25.3. The smallest absolute Gasteiger partial charge is 0.416 e. The van der Waals surface area contributed by atoms with E-state index >= 15 is 0 Å². The molecule has 1 aliphatic carbocycles. The second-order valence-electron chi connectivity index (χ2n) is 10.8. The molecule has 6 nitrogen and oxygen atoms in total. The molecule has 0 bridgehead atoms. The highest BCUT2D eigenvalue weighted by Gasteiger charge is 2.43. The van der Waals surface area contributed by atoms with Gasteiger partial charge in [-0.25, -0.2) is 4.79 Å². The summed E-state index contributed by atoms with van der Waals surface area (Å²) in [5.74, 6) is 0.751. The van der Waals surface area contributed by atoms with E-state index in [4.69, 9.17) is 0 Å². The number of alkyl halides is 3. The molecule has 0 radical (unpaired) electrons. The van der Waals surface area contributed by atoms with Gasteiger partial charge < -0.3 is 15.3 Å². The van der Waals surface area contributed by atoms with Gasteiger partial charge >= 0.3 is 12.3 Å². The Labute approximate surface area is 199 Å². The Morgan fingerprint density at radius 2 is 1.79 bits per heavy atom. The number of benzene rings is 1. The lowest BCUT2D eigenvalue weighted by Gasteiger charge is -2.38. The fraction of sp³-hybridized carbons (Fsp3) is 0.680. The van der Waals surface area contributed by atoms with Gasteiger partial charge in [0.2, 0.25) is 5.91 Å². The van der Waals surface area contributed by atoms with E-state index in [1.54, 1.807) is 0 Å². The molecule has 4 atom stereocenters. The van der Waals surface area contributed by atoms with Crippen molar-refractivity contribution in [3.05, 3.63) is 35.4 Å². The molecular weight excluding hydrogens is 447 g/mol. The Morgan fingerprint density at radius 1 is 1.15 bits per heavy atom. The standard InChI is InChI=1S/C25H36F3N3O3/c1-16(31(23(33)34)24(2,3)4)5-12-22(32)29-21-11-8-18-14-30(15-20(18)21)13-17-6-9-19(10-7-17)25(26,27)28/h6-7,9-10,16,18,20-21H,5,8,11-15H2,1-4H3,(H,29,32)(H,33,34)/t16?,18-,20+,21+/m1/s1. The van der Waals surface area contributed by atoms with Crippen LogP contribution in [0.25, 0.3) is 0 Å². The first-order valence-electron chi connectivity index (χ1n) is 12.0. The molecule has 1 aromatic carbocycles. The van der Waals surface area contributed by atoms with Crippen LogP contribution in [0.4, 0.5) is 18.0 Å². The SMILES string of the molecule is CC(CCC(=O)N[C@H]1CC[C@@H]2CN(Cc3ccc(C(F)(F)F)cc3)C[C@@H]21)N(C(=O)O)C(C)(C)C. The van der Waals surface area contributed by atoms with E-state index in [2.05, 4.69) is 10.2 Å². The Morgan fingerprint density at radius 3 is 2.35 bits per heavy atom. The van der Waals surface area contributed by atoms with Gasteiger partial charge in [0.15, 0.2) is 0 Å². The number of nitrogens with zero attached hydrogens (tertiary/aromatic N) is 2. The number of halogens is 3. The van der Waals surface area contributed by atoms with Gasteiger partial charge in [0, 0.05) is 43.7 Å². The molecular formula is C25H36F3N3O3. The molecule has 190 valence electrons. The van der Waals surface area contributed by atoms with Crippen molar-refractivity contribution in [2.75, 3.05) is 13.1 Å². The zero-order valence-corrected chi connectivity index (χ0v) is 20.4. The van der Waals surface area contributed by atoms with Crippen LogP contribution < -0.4 is 5.32 Å². The summed E-state index contributed by atoms with van der Waals surface area (Å²) in [5, 5.41) is 12.7. The number of rotatable bonds is 7. The molecule has 2 aliphatic rings. The highest BCUT2D eigenvalue weighted by atomic mass is 19.4. The summed E-state index contributed by atoms with van der Waals surface area (Å²) in [6.07, 6.45) is -2.65. The summed E-state index contributed by atoms with van der Waals surface area (Å²) in [6.45, 7) is 9.64. The van der Waals surface area contributed by atoms with Crippen molar-refractivity contribution in [2.45, 2.75) is 83.7 Å². The molecule has 0 spiro atoms. The van der Waals surface area contributed by atoms with Gasteiger partial charge in [-0.05, 0) is 76.5 Å². The topological polar surface area (TPSA) is 72.9 Å². The van der Waals surface area contributed by atoms with Crippen molar-refractivity contribution in [3.8, 4) is 0 Å². The average Bonchev–Trinajstić information content (AvgIpc) is 3.26. The van der Waals surface area contributed by atoms with Crippen molar-refractivity contribution >= 4 is 12.0 Å². The molecule has 0 aromatic heterocycles. The summed E-state index contributed by atoms with van der Waals surface area (Å²) < 4.78 is 38.3. The second-order valence-corrected chi connectivity index (χ2v) is 10.8. The average molecular weight is 484 g/mol. The molecule has 1 unspecified atom stereocenters. The van der Waals surface area contributed by atoms with Crippen molar-refractivity contribution in [1.82, 2.24) is 15.1 Å². The highest BCUT2D eigenvalue weighted by Crippen LogP contribution is 2.39. The molecule has 1 aromatic rings. The Kier molecular flexibility index (Phi) is 7.85. The molecule has 1 heterocycles. The molecule has 2 amide bonds. The maximum Gasteiger partial charge on any atom is 0.416 e. The summed E-state index contributed by atoms with van der Waals surface area (Å²) in [7, 11) is 0. The first-order valence-corrected chi connectivity index (χ1v) is 12.0. The number of carbonyl (C=O) groups excluding carboxylic acids is 1. The van der Waals surface area contributed by atoms with Gasteiger partial charge in [-0.3, -0.25) is 9.69 Å². The summed E-state index contributed by atoms with van der Waals surface area (Å²) in [4.78, 5) is 27.9. The number of fused-ring (bicyclic) bond motifs is 1. The van der Waals surface area contributed by atoms with Crippen LogP contribution in [0.3, 0.4) is 0 Å². The summed E-state index contributed by atoms with van der Waals surface area (Å²) in [5.41, 5.74) is -0.328. The third-order valence-electron chi connectivity index (χ3n) is 7.13. The minimum absolute atomic E-state index is 0.0575. The normalized spacial score (nSPS) is 24.0. The van der Waals surface area contributed by atoms with E-state index in [-0.39, 0.29) is 24.4 Å². The number of hydrogen-bond donors (Lipinski definition) is 2. The maximum absolute atomic E-state index is 12.8. The Hall–Kier alpha value is -2.29. The molecule has 3 rings (SSSR count). The number of carboxylic acid groups (broad SMARTS) is 1. The second kappa shape index (κ2) is 10.1. The fourth-order valence-electron chi connectivity index (χ4n) is 5.61. The Bertz CT molecular complexity index is 867. The minimum Gasteiger partial charge on any atom is -0.465 e. The van der Waals surface area contributed by atoms with Gasteiger partial charge in [-0.1, -0.05) is 12.1 Å². The van der Waals surface area contributed by atoms with Crippen LogP contribution in [0.2, 0.25) is 0 Å². The van der Waals surface area contributed by atoms with Crippen molar-refractivity contribution in [3.63, 3.8) is 0 Å². The van der Waals surface area contributed by atoms with Crippen LogP contribution in [-0.4, -0.2) is 57.6 Å². The van der Waals surface area contributed by atoms with Crippen LogP contribution in [-0.2, 0) is 17.5 Å². The van der Waals surface area contributed by atoms with Crippen LogP contribution >= 0.6 is 0 Å². The van der Waals surface area contributed by atoms with Crippen LogP contribution in [0.15, 0.2) is 24.3 Å². The van der Waals surface area contributed by atoms with E-state index in [9.17, 15) is 27.9 Å². The van der Waals surface area contributed by atoms with Crippen molar-refractivity contribution < 1.29 is 27.9 Å². The largest absolute Gasteiger partial charge is 0.465 e. The van der Waals surface area contributed by atoms with Gasteiger partial charge in [0.1, 0.15) is 0 Å². The van der Waals surface area contributed by atoms with E-state index in [0.29, 0.717) is 24.8 Å². The minimum atomic E-state index is -4.33. The lowest BCUT2D eigenvalue weighted by Crippen LogP contribution is -2.50. The number of hydrogen-bond acceptors (Lipinski definition) is 3. The first kappa shape index (κ1) is 26.3. The fourth-order valence-corrected chi connectivity index (χ4v) is 5.61. The first-order chi connectivity index (χ1) is 15.8. The van der Waals surface area contributed by atoms with Crippen LogP contribution in [0, 0.1) is 11.8 Å². The van der Waals surface area contributed by atoms with E-state index < -0.39 is 23.4 Å². The van der Waals surface area contributed by atoms with Crippen LogP contribution in [0.5, 0.6) is 0 Å². The van der Waals surface area contributed by atoms with E-state index in [1.165, 1.54) is 17.0 Å². The van der Waals surface area contributed by atoms with Gasteiger partial charge in [-0.2, -0.15) is 13.2 Å². The van der Waals surface area contributed by atoms with Gasteiger partial charge in [-0.15, -0.1) is 0 Å². The molecule has 1 aliphatic heterocycles. The van der Waals surface area contributed by atoms with E-state index in [0.717, 1.165) is 43.6 Å². The predicted octanol–water partition coefficient (Wildman–Crippen LogP) is 4.98. The van der Waals surface area contributed by atoms with Gasteiger partial charge in [0.05, 0.1) is 5.56 Å². The van der Waals surface area contributed by atoms with Crippen molar-refractivity contribution in [2.24, 2.45) is 11.8 Å². The summed E-state index contributed by atoms with van der Waals surface area (Å²) >= 11 is 0. The maximum atomic E-state index is 12.8. The van der Waals surface area contributed by atoms with E-state index in [1.807, 2.05) is 27.7 Å². The molecule has 1 saturated carbocycles. The quantitative estimate of drug-likeness (QED) is 0.574. The number of likely N-dealkylation sites (tertiary alicyclic amines) is 1. The monoisotopic (exact) mass is 483 g/mol. The van der Waals surface area contributed by atoms with Crippen LogP contribution in [0.1, 0.15) is 64.5 Å². The predicted molar refractivity (Wildman–Crippen MR) is 123 cm³/mol. The lowest BCUT2D eigenvalue weighted by molar-refractivity contribution is -0.137. The molecule has 9 heteroatoms. The number of nitrogens with one attached hydrogen (secondary N) is 1.